The van der Waals surface area contributed by atoms with Crippen molar-refractivity contribution in [3.63, 3.8) is 0 Å². The highest BCUT2D eigenvalue weighted by Gasteiger charge is 2.35. The quantitative estimate of drug-likeness (QED) is 0.878. The van der Waals surface area contributed by atoms with Gasteiger partial charge < -0.3 is 10.6 Å². The van der Waals surface area contributed by atoms with Gasteiger partial charge in [-0.15, -0.1) is 11.3 Å². The molecule has 0 spiro atoms. The van der Waals surface area contributed by atoms with Crippen molar-refractivity contribution in [3.8, 4) is 0 Å². The second kappa shape index (κ2) is 6.30. The lowest BCUT2D eigenvalue weighted by Crippen LogP contribution is -2.15. The maximum absolute atomic E-state index is 12.8. The maximum Gasteiger partial charge on any atom is 0.451 e. The van der Waals surface area contributed by atoms with Crippen molar-refractivity contribution in [1.82, 2.24) is 9.97 Å². The SMILES string of the molecule is CCNc1cc(NCc2sccc2C)nc(C(F)(F)F)n1. The monoisotopic (exact) mass is 316 g/mol. The minimum atomic E-state index is -4.57. The number of hydrogen-bond donors (Lipinski definition) is 2. The molecule has 0 radical (unpaired) electrons. The van der Waals surface area contributed by atoms with E-state index in [1.165, 1.54) is 6.07 Å². The van der Waals surface area contributed by atoms with Gasteiger partial charge in [0.1, 0.15) is 11.6 Å². The van der Waals surface area contributed by atoms with E-state index in [-0.39, 0.29) is 11.6 Å². The lowest BCUT2D eigenvalue weighted by molar-refractivity contribution is -0.144. The second-order valence-corrected chi connectivity index (χ2v) is 5.37. The number of halogens is 3. The summed E-state index contributed by atoms with van der Waals surface area (Å²) in [5, 5.41) is 7.64. The summed E-state index contributed by atoms with van der Waals surface area (Å²) >= 11 is 1.55. The molecule has 2 rings (SSSR count). The van der Waals surface area contributed by atoms with Crippen molar-refractivity contribution >= 4 is 23.0 Å². The number of nitrogens with one attached hydrogen (secondary N) is 2. The number of anilines is 2. The third kappa shape index (κ3) is 4.07. The van der Waals surface area contributed by atoms with E-state index >= 15 is 0 Å². The first-order valence-electron chi connectivity index (χ1n) is 6.37. The van der Waals surface area contributed by atoms with E-state index < -0.39 is 12.0 Å². The number of alkyl halides is 3. The summed E-state index contributed by atoms with van der Waals surface area (Å²) in [6, 6.07) is 3.44. The minimum Gasteiger partial charge on any atom is -0.370 e. The van der Waals surface area contributed by atoms with Crippen molar-refractivity contribution in [1.29, 1.82) is 0 Å². The van der Waals surface area contributed by atoms with E-state index in [9.17, 15) is 13.2 Å². The smallest absolute Gasteiger partial charge is 0.370 e. The van der Waals surface area contributed by atoms with Gasteiger partial charge in [-0.3, -0.25) is 0 Å². The zero-order valence-corrected chi connectivity index (χ0v) is 12.4. The van der Waals surface area contributed by atoms with Crippen LogP contribution in [0, 0.1) is 6.92 Å². The molecule has 2 aromatic rings. The van der Waals surface area contributed by atoms with E-state index in [2.05, 4.69) is 20.6 Å². The molecule has 0 aromatic carbocycles. The molecule has 4 nitrogen and oxygen atoms in total. The van der Waals surface area contributed by atoms with Crippen LogP contribution in [0.4, 0.5) is 24.8 Å². The maximum atomic E-state index is 12.8. The Morgan fingerprint density at radius 1 is 1.19 bits per heavy atom. The van der Waals surface area contributed by atoms with Crippen LogP contribution in [0.25, 0.3) is 0 Å². The molecule has 0 atom stereocenters. The number of nitrogens with zero attached hydrogens (tertiary/aromatic N) is 2. The van der Waals surface area contributed by atoms with Gasteiger partial charge in [-0.1, -0.05) is 0 Å². The number of rotatable bonds is 5. The van der Waals surface area contributed by atoms with Gasteiger partial charge >= 0.3 is 6.18 Å². The molecule has 2 heterocycles. The van der Waals surface area contributed by atoms with Crippen molar-refractivity contribution in [2.24, 2.45) is 0 Å². The number of aryl methyl sites for hydroxylation is 1. The van der Waals surface area contributed by atoms with Gasteiger partial charge in [0.15, 0.2) is 0 Å². The van der Waals surface area contributed by atoms with Crippen molar-refractivity contribution in [2.75, 3.05) is 17.2 Å². The van der Waals surface area contributed by atoms with Gasteiger partial charge in [0.2, 0.25) is 5.82 Å². The third-order valence-corrected chi connectivity index (χ3v) is 3.76. The zero-order chi connectivity index (χ0) is 15.5. The number of aromatic nitrogens is 2. The Kier molecular flexibility index (Phi) is 4.66. The molecule has 0 saturated carbocycles. The summed E-state index contributed by atoms with van der Waals surface area (Å²) in [7, 11) is 0. The van der Waals surface area contributed by atoms with Crippen molar-refractivity contribution in [3.05, 3.63) is 33.8 Å². The summed E-state index contributed by atoms with van der Waals surface area (Å²) in [5.74, 6) is -0.836. The van der Waals surface area contributed by atoms with Crippen LogP contribution in [0.1, 0.15) is 23.2 Å². The van der Waals surface area contributed by atoms with Crippen LogP contribution in [0.2, 0.25) is 0 Å². The summed E-state index contributed by atoms with van der Waals surface area (Å²) in [6.07, 6.45) is -4.57. The standard InChI is InChI=1S/C13H15F3N4S/c1-3-17-10-6-11(20-12(19-10)13(14,15)16)18-7-9-8(2)4-5-21-9/h4-6H,3,7H2,1-2H3,(H2,17,18,19,20). The van der Waals surface area contributed by atoms with E-state index in [4.69, 9.17) is 0 Å². The molecular weight excluding hydrogens is 301 g/mol. The fraction of sp³-hybridized carbons (Fsp3) is 0.385. The first kappa shape index (κ1) is 15.6. The molecule has 2 N–H and O–H groups in total. The van der Waals surface area contributed by atoms with Gasteiger partial charge in [-0.05, 0) is 30.9 Å². The molecule has 114 valence electrons. The normalized spacial score (nSPS) is 11.5. The molecule has 0 aliphatic carbocycles. The van der Waals surface area contributed by atoms with Crippen LogP contribution >= 0.6 is 11.3 Å². The van der Waals surface area contributed by atoms with Gasteiger partial charge in [0.05, 0.1) is 6.54 Å². The molecule has 0 amide bonds. The zero-order valence-electron chi connectivity index (χ0n) is 11.6. The lowest BCUT2D eigenvalue weighted by atomic mass is 10.3. The van der Waals surface area contributed by atoms with Gasteiger partial charge in [-0.25, -0.2) is 9.97 Å². The highest BCUT2D eigenvalue weighted by molar-refractivity contribution is 7.10. The van der Waals surface area contributed by atoms with Gasteiger partial charge in [-0.2, -0.15) is 13.2 Å². The largest absolute Gasteiger partial charge is 0.451 e. The first-order valence-corrected chi connectivity index (χ1v) is 7.25. The predicted molar refractivity (Wildman–Crippen MR) is 77.6 cm³/mol. The van der Waals surface area contributed by atoms with E-state index in [0.717, 1.165) is 10.4 Å². The molecule has 0 saturated heterocycles. The molecule has 21 heavy (non-hydrogen) atoms. The predicted octanol–water partition coefficient (Wildman–Crippen LogP) is 3.91. The highest BCUT2D eigenvalue weighted by Crippen LogP contribution is 2.28. The molecule has 2 aromatic heterocycles. The summed E-state index contributed by atoms with van der Waals surface area (Å²) in [6.45, 7) is 4.66. The fourth-order valence-corrected chi connectivity index (χ4v) is 2.54. The van der Waals surface area contributed by atoms with Crippen LogP contribution in [-0.4, -0.2) is 16.5 Å². The van der Waals surface area contributed by atoms with Crippen LogP contribution < -0.4 is 10.6 Å². The topological polar surface area (TPSA) is 49.8 Å². The molecule has 0 bridgehead atoms. The Labute approximate surface area is 124 Å². The summed E-state index contributed by atoms with van der Waals surface area (Å²) in [5.41, 5.74) is 1.10. The van der Waals surface area contributed by atoms with Crippen molar-refractivity contribution < 1.29 is 13.2 Å². The van der Waals surface area contributed by atoms with Crippen molar-refractivity contribution in [2.45, 2.75) is 26.6 Å². The summed E-state index contributed by atoms with van der Waals surface area (Å²) < 4.78 is 38.4. The molecule has 0 aliphatic rings. The minimum absolute atomic E-state index is 0.154. The fourth-order valence-electron chi connectivity index (χ4n) is 1.69. The first-order chi connectivity index (χ1) is 9.90. The van der Waals surface area contributed by atoms with Crippen LogP contribution in [-0.2, 0) is 12.7 Å². The highest BCUT2D eigenvalue weighted by atomic mass is 32.1. The average molecular weight is 316 g/mol. The molecular formula is C13H15F3N4S. The van der Waals surface area contributed by atoms with E-state index in [0.29, 0.717) is 13.1 Å². The van der Waals surface area contributed by atoms with Crippen LogP contribution in [0.15, 0.2) is 17.5 Å². The molecule has 0 fully saturated rings. The molecule has 0 aliphatic heterocycles. The average Bonchev–Trinajstić information content (AvgIpc) is 2.81. The number of hydrogen-bond acceptors (Lipinski definition) is 5. The Morgan fingerprint density at radius 3 is 2.38 bits per heavy atom. The van der Waals surface area contributed by atoms with E-state index in [1.807, 2.05) is 18.4 Å². The second-order valence-electron chi connectivity index (χ2n) is 4.37. The van der Waals surface area contributed by atoms with E-state index in [1.54, 1.807) is 18.3 Å². The van der Waals surface area contributed by atoms with Gasteiger partial charge in [0, 0.05) is 17.5 Å². The Bertz CT molecular complexity index is 610. The Balaban J connectivity index is 2.21. The van der Waals surface area contributed by atoms with Crippen LogP contribution in [0.3, 0.4) is 0 Å². The molecule has 8 heteroatoms. The Hall–Kier alpha value is -1.83. The third-order valence-electron chi connectivity index (χ3n) is 2.74. The van der Waals surface area contributed by atoms with Gasteiger partial charge in [0.25, 0.3) is 0 Å². The Morgan fingerprint density at radius 2 is 1.86 bits per heavy atom. The number of thiophene rings is 1. The van der Waals surface area contributed by atoms with Crippen LogP contribution in [0.5, 0.6) is 0 Å². The lowest BCUT2D eigenvalue weighted by Gasteiger charge is -2.12. The molecule has 0 unspecified atom stereocenters. The summed E-state index contributed by atoms with van der Waals surface area (Å²) in [4.78, 5) is 8.07.